The van der Waals surface area contributed by atoms with E-state index >= 15 is 0 Å². The molecule has 1 unspecified atom stereocenters. The first kappa shape index (κ1) is 13.2. The molecule has 0 saturated carbocycles. The van der Waals surface area contributed by atoms with Gasteiger partial charge in [-0.15, -0.1) is 11.8 Å². The van der Waals surface area contributed by atoms with Crippen LogP contribution in [-0.2, 0) is 0 Å². The molecule has 84 valence electrons. The maximum atomic E-state index is 5.94. The van der Waals surface area contributed by atoms with Gasteiger partial charge in [-0.25, -0.2) is 0 Å². The van der Waals surface area contributed by atoms with Crippen LogP contribution in [0.25, 0.3) is 0 Å². The van der Waals surface area contributed by atoms with E-state index in [2.05, 4.69) is 19.2 Å². The molecule has 1 aromatic rings. The highest BCUT2D eigenvalue weighted by molar-refractivity contribution is 8.00. The van der Waals surface area contributed by atoms with Gasteiger partial charge in [-0.05, 0) is 24.7 Å². The lowest BCUT2D eigenvalue weighted by atomic mass is 10.4. The first-order valence-electron chi connectivity index (χ1n) is 4.96. The lowest BCUT2D eigenvalue weighted by Gasteiger charge is -2.11. The molecule has 0 amide bonds. The fourth-order valence-electron chi connectivity index (χ4n) is 1.17. The second kappa shape index (κ2) is 6.64. The van der Waals surface area contributed by atoms with Crippen molar-refractivity contribution in [3.05, 3.63) is 28.2 Å². The summed E-state index contributed by atoms with van der Waals surface area (Å²) in [5, 5.41) is 5.08. The molecular formula is C11H15Cl2NS. The van der Waals surface area contributed by atoms with Crippen LogP contribution in [0.3, 0.4) is 0 Å². The van der Waals surface area contributed by atoms with Crippen molar-refractivity contribution < 1.29 is 0 Å². The van der Waals surface area contributed by atoms with Crippen LogP contribution in [0.4, 0.5) is 0 Å². The average Bonchev–Trinajstić information content (AvgIpc) is 2.20. The molecular weight excluding hydrogens is 249 g/mol. The number of hydrogen-bond donors (Lipinski definition) is 1. The zero-order valence-corrected chi connectivity index (χ0v) is 11.2. The Morgan fingerprint density at radius 1 is 1.33 bits per heavy atom. The molecule has 15 heavy (non-hydrogen) atoms. The molecule has 0 aromatic heterocycles. The average molecular weight is 264 g/mol. The van der Waals surface area contributed by atoms with Gasteiger partial charge in [0, 0.05) is 16.7 Å². The Bertz CT molecular complexity index is 317. The number of nitrogens with one attached hydrogen (secondary N) is 1. The molecule has 1 nitrogen and oxygen atoms in total. The molecule has 0 saturated heterocycles. The van der Waals surface area contributed by atoms with Gasteiger partial charge in [-0.1, -0.05) is 37.0 Å². The molecule has 0 radical (unpaired) electrons. The van der Waals surface area contributed by atoms with E-state index < -0.39 is 0 Å². The summed E-state index contributed by atoms with van der Waals surface area (Å²) in [4.78, 5) is 1.16. The summed E-state index contributed by atoms with van der Waals surface area (Å²) in [5.41, 5.74) is 0. The first-order chi connectivity index (χ1) is 7.13. The highest BCUT2D eigenvalue weighted by Crippen LogP contribution is 2.29. The Hall–Kier alpha value is 0.110. The van der Waals surface area contributed by atoms with Crippen molar-refractivity contribution in [2.45, 2.75) is 24.0 Å². The molecule has 0 aliphatic heterocycles. The van der Waals surface area contributed by atoms with Crippen LogP contribution in [0.1, 0.15) is 13.8 Å². The van der Waals surface area contributed by atoms with Gasteiger partial charge in [0.1, 0.15) is 0 Å². The van der Waals surface area contributed by atoms with Crippen molar-refractivity contribution in [2.24, 2.45) is 0 Å². The van der Waals surface area contributed by atoms with E-state index in [1.54, 1.807) is 11.8 Å². The molecule has 0 aliphatic carbocycles. The summed E-state index contributed by atoms with van der Waals surface area (Å²) in [6, 6.07) is 5.75. The SMILES string of the molecule is CCNCC(C)Sc1ccc(Cl)c(Cl)c1. The summed E-state index contributed by atoms with van der Waals surface area (Å²) >= 11 is 13.6. The second-order valence-corrected chi connectivity index (χ2v) is 5.64. The summed E-state index contributed by atoms with van der Waals surface area (Å²) in [6.07, 6.45) is 0. The smallest absolute Gasteiger partial charge is 0.0603 e. The van der Waals surface area contributed by atoms with Crippen LogP contribution < -0.4 is 5.32 Å². The van der Waals surface area contributed by atoms with E-state index in [-0.39, 0.29) is 0 Å². The van der Waals surface area contributed by atoms with Crippen molar-refractivity contribution in [2.75, 3.05) is 13.1 Å². The van der Waals surface area contributed by atoms with E-state index in [1.807, 2.05) is 18.2 Å². The monoisotopic (exact) mass is 263 g/mol. The topological polar surface area (TPSA) is 12.0 Å². The van der Waals surface area contributed by atoms with Crippen molar-refractivity contribution in [1.29, 1.82) is 0 Å². The molecule has 0 spiro atoms. The van der Waals surface area contributed by atoms with Gasteiger partial charge < -0.3 is 5.32 Å². The van der Waals surface area contributed by atoms with Gasteiger partial charge in [0.2, 0.25) is 0 Å². The van der Waals surface area contributed by atoms with E-state index in [0.29, 0.717) is 15.3 Å². The van der Waals surface area contributed by atoms with Gasteiger partial charge in [0.25, 0.3) is 0 Å². The molecule has 1 N–H and O–H groups in total. The lowest BCUT2D eigenvalue weighted by molar-refractivity contribution is 0.713. The number of rotatable bonds is 5. The Morgan fingerprint density at radius 3 is 2.67 bits per heavy atom. The molecule has 0 heterocycles. The van der Waals surface area contributed by atoms with Crippen molar-refractivity contribution in [3.63, 3.8) is 0 Å². The molecule has 1 rings (SSSR count). The second-order valence-electron chi connectivity index (χ2n) is 3.31. The third kappa shape index (κ3) is 4.64. The zero-order chi connectivity index (χ0) is 11.3. The molecule has 0 fully saturated rings. The predicted molar refractivity (Wildman–Crippen MR) is 70.3 cm³/mol. The highest BCUT2D eigenvalue weighted by atomic mass is 35.5. The molecule has 1 atom stereocenters. The van der Waals surface area contributed by atoms with E-state index in [1.165, 1.54) is 0 Å². The summed E-state index contributed by atoms with van der Waals surface area (Å²) in [5.74, 6) is 0. The Balaban J connectivity index is 2.53. The Labute approximate surface area is 106 Å². The van der Waals surface area contributed by atoms with Crippen LogP contribution in [-0.4, -0.2) is 18.3 Å². The summed E-state index contributed by atoms with van der Waals surface area (Å²) in [6.45, 7) is 6.31. The van der Waals surface area contributed by atoms with Crippen LogP contribution in [0.2, 0.25) is 10.0 Å². The van der Waals surface area contributed by atoms with Crippen LogP contribution in [0, 0.1) is 0 Å². The van der Waals surface area contributed by atoms with E-state index in [9.17, 15) is 0 Å². The Kier molecular flexibility index (Phi) is 5.83. The Morgan fingerprint density at radius 2 is 2.07 bits per heavy atom. The predicted octanol–water partition coefficient (Wildman–Crippen LogP) is 4.08. The van der Waals surface area contributed by atoms with Gasteiger partial charge >= 0.3 is 0 Å². The van der Waals surface area contributed by atoms with Crippen molar-refractivity contribution in [1.82, 2.24) is 5.32 Å². The minimum absolute atomic E-state index is 0.530. The number of benzene rings is 1. The van der Waals surface area contributed by atoms with Gasteiger partial charge in [-0.2, -0.15) is 0 Å². The maximum Gasteiger partial charge on any atom is 0.0603 e. The fourth-order valence-corrected chi connectivity index (χ4v) is 2.53. The zero-order valence-electron chi connectivity index (χ0n) is 8.89. The van der Waals surface area contributed by atoms with Crippen LogP contribution in [0.15, 0.2) is 23.1 Å². The number of thioether (sulfide) groups is 1. The standard InChI is InChI=1S/C11H15Cl2NS/c1-3-14-7-8(2)15-9-4-5-10(12)11(13)6-9/h4-6,8,14H,3,7H2,1-2H3. The molecule has 0 aliphatic rings. The first-order valence-corrected chi connectivity index (χ1v) is 6.59. The van der Waals surface area contributed by atoms with Crippen molar-refractivity contribution >= 4 is 35.0 Å². The third-order valence-electron chi connectivity index (χ3n) is 1.91. The van der Waals surface area contributed by atoms with E-state index in [4.69, 9.17) is 23.2 Å². The highest BCUT2D eigenvalue weighted by Gasteiger charge is 2.05. The van der Waals surface area contributed by atoms with E-state index in [0.717, 1.165) is 18.0 Å². The summed E-state index contributed by atoms with van der Waals surface area (Å²) < 4.78 is 0. The number of halogens is 2. The molecule has 0 bridgehead atoms. The largest absolute Gasteiger partial charge is 0.316 e. The van der Waals surface area contributed by atoms with Crippen molar-refractivity contribution in [3.8, 4) is 0 Å². The fraction of sp³-hybridized carbons (Fsp3) is 0.455. The normalized spacial score (nSPS) is 12.8. The molecule has 1 aromatic carbocycles. The minimum Gasteiger partial charge on any atom is -0.316 e. The third-order valence-corrected chi connectivity index (χ3v) is 3.74. The van der Waals surface area contributed by atoms with Gasteiger partial charge in [-0.3, -0.25) is 0 Å². The van der Waals surface area contributed by atoms with Gasteiger partial charge in [0.05, 0.1) is 10.0 Å². The lowest BCUT2D eigenvalue weighted by Crippen LogP contribution is -2.21. The van der Waals surface area contributed by atoms with Gasteiger partial charge in [0.15, 0.2) is 0 Å². The number of hydrogen-bond acceptors (Lipinski definition) is 2. The minimum atomic E-state index is 0.530. The maximum absolute atomic E-state index is 5.94. The quantitative estimate of drug-likeness (QED) is 0.804. The van der Waals surface area contributed by atoms with Crippen LogP contribution >= 0.6 is 35.0 Å². The molecule has 4 heteroatoms. The summed E-state index contributed by atoms with van der Waals surface area (Å²) in [7, 11) is 0. The van der Waals surface area contributed by atoms with Crippen LogP contribution in [0.5, 0.6) is 0 Å².